The highest BCUT2D eigenvalue weighted by molar-refractivity contribution is 7.47. The van der Waals surface area contributed by atoms with Crippen molar-refractivity contribution >= 4 is 25.7 Å². The van der Waals surface area contributed by atoms with Crippen LogP contribution in [0.25, 0.3) is 0 Å². The predicted molar refractivity (Wildman–Crippen MR) is 217 cm³/mol. The second kappa shape index (κ2) is 37.4. The summed E-state index contributed by atoms with van der Waals surface area (Å²) in [6.07, 6.45) is 40.4. The number of aliphatic carboxylic acids is 1. The van der Waals surface area contributed by atoms with Crippen molar-refractivity contribution in [2.75, 3.05) is 19.8 Å². The summed E-state index contributed by atoms with van der Waals surface area (Å²) in [5.41, 5.74) is 5.32. The molecule has 0 aromatic carbocycles. The van der Waals surface area contributed by atoms with Crippen molar-refractivity contribution in [3.63, 3.8) is 0 Å². The lowest BCUT2D eigenvalue weighted by atomic mass is 10.1. The van der Waals surface area contributed by atoms with Gasteiger partial charge >= 0.3 is 25.7 Å². The minimum absolute atomic E-state index is 0.136. The molecule has 0 bridgehead atoms. The number of rotatable bonds is 38. The lowest BCUT2D eigenvalue weighted by Crippen LogP contribution is -2.34. The first-order chi connectivity index (χ1) is 26.1. The van der Waals surface area contributed by atoms with Crippen LogP contribution in [-0.4, -0.2) is 59.9 Å². The number of phosphoric ester groups is 1. The van der Waals surface area contributed by atoms with E-state index in [0.717, 1.165) is 64.2 Å². The zero-order valence-electron chi connectivity index (χ0n) is 33.6. The van der Waals surface area contributed by atoms with Gasteiger partial charge in [0.15, 0.2) is 6.10 Å². The van der Waals surface area contributed by atoms with Crippen LogP contribution in [0, 0.1) is 0 Å². The summed E-state index contributed by atoms with van der Waals surface area (Å²) in [7, 11) is -4.72. The van der Waals surface area contributed by atoms with Crippen molar-refractivity contribution < 1.29 is 47.5 Å². The van der Waals surface area contributed by atoms with Gasteiger partial charge in [-0.05, 0) is 57.8 Å². The molecule has 0 aliphatic carbocycles. The number of unbranched alkanes of at least 4 members (excludes halogenated alkanes) is 18. The Morgan fingerprint density at radius 1 is 0.593 bits per heavy atom. The van der Waals surface area contributed by atoms with Gasteiger partial charge in [0.25, 0.3) is 0 Å². The number of nitrogens with two attached hydrogens (primary N) is 1. The second-order valence-corrected chi connectivity index (χ2v) is 15.3. The number of carboxylic acids is 1. The maximum absolute atomic E-state index is 12.6. The first-order valence-corrected chi connectivity index (χ1v) is 22.2. The summed E-state index contributed by atoms with van der Waals surface area (Å²) in [4.78, 5) is 45.8. The summed E-state index contributed by atoms with van der Waals surface area (Å²) >= 11 is 0. The van der Waals surface area contributed by atoms with Crippen molar-refractivity contribution in [3.05, 3.63) is 48.6 Å². The molecule has 12 heteroatoms. The van der Waals surface area contributed by atoms with Crippen LogP contribution in [0.1, 0.15) is 168 Å². The van der Waals surface area contributed by atoms with Gasteiger partial charge in [-0.2, -0.15) is 0 Å². The van der Waals surface area contributed by atoms with Crippen LogP contribution < -0.4 is 5.73 Å². The molecule has 0 saturated carbocycles. The molecule has 0 aliphatic heterocycles. The highest BCUT2D eigenvalue weighted by atomic mass is 31.2. The van der Waals surface area contributed by atoms with Gasteiger partial charge in [-0.3, -0.25) is 23.4 Å². The summed E-state index contributed by atoms with van der Waals surface area (Å²) in [6, 6.07) is -1.53. The van der Waals surface area contributed by atoms with E-state index in [1.807, 2.05) is 24.3 Å². The van der Waals surface area contributed by atoms with Crippen molar-refractivity contribution in [3.8, 4) is 0 Å². The number of hydrogen-bond donors (Lipinski definition) is 3. The van der Waals surface area contributed by atoms with E-state index in [1.54, 1.807) is 0 Å². The van der Waals surface area contributed by atoms with Crippen molar-refractivity contribution in [2.45, 2.75) is 180 Å². The molecule has 0 fully saturated rings. The average molecular weight is 784 g/mol. The molecule has 11 nitrogen and oxygen atoms in total. The quantitative estimate of drug-likeness (QED) is 0.0179. The molecule has 2 unspecified atom stereocenters. The van der Waals surface area contributed by atoms with Crippen molar-refractivity contribution in [1.82, 2.24) is 0 Å². The molecule has 0 aromatic rings. The maximum Gasteiger partial charge on any atom is 0.472 e. The fraction of sp³-hybridized carbons (Fsp3) is 0.738. The highest BCUT2D eigenvalue weighted by Crippen LogP contribution is 2.43. The number of esters is 2. The summed E-state index contributed by atoms with van der Waals surface area (Å²) in [5, 5.41) is 8.87. The molecule has 0 radical (unpaired) electrons. The van der Waals surface area contributed by atoms with Gasteiger partial charge < -0.3 is 25.2 Å². The van der Waals surface area contributed by atoms with Crippen molar-refractivity contribution in [2.24, 2.45) is 5.73 Å². The number of carboxylic acid groups (broad SMARTS) is 1. The number of carbonyl (C=O) groups excluding carboxylic acids is 2. The molecule has 0 aliphatic rings. The fourth-order valence-electron chi connectivity index (χ4n) is 5.35. The molecule has 54 heavy (non-hydrogen) atoms. The molecule has 0 heterocycles. The average Bonchev–Trinajstić information content (AvgIpc) is 3.14. The molecular weight excluding hydrogens is 709 g/mol. The van der Waals surface area contributed by atoms with E-state index >= 15 is 0 Å². The number of hydrogen-bond acceptors (Lipinski definition) is 9. The van der Waals surface area contributed by atoms with E-state index in [2.05, 4.69) is 42.7 Å². The van der Waals surface area contributed by atoms with Gasteiger partial charge in [-0.1, -0.05) is 146 Å². The zero-order valence-corrected chi connectivity index (χ0v) is 34.4. The Hall–Kier alpha value is -2.56. The number of phosphoric acid groups is 1. The maximum atomic E-state index is 12.6. The highest BCUT2D eigenvalue weighted by Gasteiger charge is 2.28. The molecule has 0 saturated heterocycles. The topological polar surface area (TPSA) is 172 Å². The van der Waals surface area contributed by atoms with Crippen LogP contribution in [0.2, 0.25) is 0 Å². The summed E-state index contributed by atoms with van der Waals surface area (Å²) in [6.45, 7) is 2.63. The molecule has 0 amide bonds. The minimum atomic E-state index is -4.72. The lowest BCUT2D eigenvalue weighted by Gasteiger charge is -2.20. The van der Waals surface area contributed by atoms with E-state index < -0.39 is 51.1 Å². The minimum Gasteiger partial charge on any atom is -0.480 e. The van der Waals surface area contributed by atoms with Gasteiger partial charge in [0.05, 0.1) is 13.2 Å². The molecule has 0 spiro atoms. The van der Waals surface area contributed by atoms with E-state index in [0.29, 0.717) is 12.8 Å². The van der Waals surface area contributed by atoms with Gasteiger partial charge in [-0.15, -0.1) is 0 Å². The number of allylic oxidation sites excluding steroid dienone is 8. The second-order valence-electron chi connectivity index (χ2n) is 13.8. The molecule has 4 N–H and O–H groups in total. The Balaban J connectivity index is 4.40. The lowest BCUT2D eigenvalue weighted by molar-refractivity contribution is -0.161. The summed E-state index contributed by atoms with van der Waals surface area (Å²) < 4.78 is 32.6. The third-order valence-corrected chi connectivity index (χ3v) is 9.57. The SMILES string of the molecule is CC/C=C/C=C/C=C/CCCCCCCC(=O)OC(COC(=O)CCCCCCCCC/C=C/CCCCCCCC)COP(=O)(O)OC[C@H](N)C(=O)O. The smallest absolute Gasteiger partial charge is 0.472 e. The van der Waals surface area contributed by atoms with E-state index in [9.17, 15) is 23.8 Å². The first kappa shape index (κ1) is 51.4. The normalized spacial score (nSPS) is 14.3. The van der Waals surface area contributed by atoms with Gasteiger partial charge in [-0.25, -0.2) is 4.57 Å². The van der Waals surface area contributed by atoms with Crippen LogP contribution in [0.15, 0.2) is 48.6 Å². The van der Waals surface area contributed by atoms with E-state index in [1.165, 1.54) is 64.2 Å². The van der Waals surface area contributed by atoms with Gasteiger partial charge in [0.2, 0.25) is 0 Å². The standard InChI is InChI=1S/C42H74NO10P/c1-3-5-7-9-11-13-15-17-18-19-20-22-23-25-27-29-31-33-40(44)50-35-38(36-51-54(48,49)52-37-39(43)42(46)47)53-41(45)34-32-30-28-26-24-21-16-14-12-10-8-6-4-2/h6,8,10,12,14,16-18,38-39H,3-5,7,9,11,13,15,19-37,43H2,1-2H3,(H,46,47)(H,48,49)/b8-6+,12-10+,16-14+,18-17+/t38?,39-/m0/s1. The first-order valence-electron chi connectivity index (χ1n) is 20.7. The molecule has 0 rings (SSSR count). The molecule has 3 atom stereocenters. The Morgan fingerprint density at radius 2 is 1.06 bits per heavy atom. The Labute approximate surface area is 326 Å². The van der Waals surface area contributed by atoms with Crippen LogP contribution in [0.5, 0.6) is 0 Å². The Kier molecular flexibility index (Phi) is 35.6. The van der Waals surface area contributed by atoms with Crippen LogP contribution in [0.4, 0.5) is 0 Å². The van der Waals surface area contributed by atoms with Gasteiger partial charge in [0, 0.05) is 12.8 Å². The number of carbonyl (C=O) groups is 3. The predicted octanol–water partition coefficient (Wildman–Crippen LogP) is 10.6. The van der Waals surface area contributed by atoms with E-state index in [-0.39, 0.29) is 19.4 Å². The Morgan fingerprint density at radius 3 is 1.59 bits per heavy atom. The largest absolute Gasteiger partial charge is 0.480 e. The fourth-order valence-corrected chi connectivity index (χ4v) is 6.13. The molecule has 0 aromatic heterocycles. The molecular formula is C42H74NO10P. The number of ether oxygens (including phenoxy) is 2. The Bertz CT molecular complexity index is 1110. The monoisotopic (exact) mass is 784 g/mol. The van der Waals surface area contributed by atoms with Gasteiger partial charge in [0.1, 0.15) is 12.6 Å². The third-order valence-electron chi connectivity index (χ3n) is 8.62. The third kappa shape index (κ3) is 36.4. The zero-order chi connectivity index (χ0) is 40.0. The van der Waals surface area contributed by atoms with E-state index in [4.69, 9.17) is 24.8 Å². The summed E-state index contributed by atoms with van der Waals surface area (Å²) in [5.74, 6) is -2.41. The van der Waals surface area contributed by atoms with Crippen LogP contribution in [0.3, 0.4) is 0 Å². The van der Waals surface area contributed by atoms with Crippen LogP contribution >= 0.6 is 7.82 Å². The van der Waals surface area contributed by atoms with Crippen LogP contribution in [-0.2, 0) is 37.5 Å². The molecule has 312 valence electrons. The van der Waals surface area contributed by atoms with Crippen molar-refractivity contribution in [1.29, 1.82) is 0 Å².